The van der Waals surface area contributed by atoms with Gasteiger partial charge in [0.15, 0.2) is 0 Å². The van der Waals surface area contributed by atoms with Crippen molar-refractivity contribution < 1.29 is 4.74 Å². The zero-order valence-corrected chi connectivity index (χ0v) is 10.2. The maximum Gasteiger partial charge on any atom is 0.119 e. The molecule has 17 heavy (non-hydrogen) atoms. The monoisotopic (exact) mass is 235 g/mol. The standard InChI is InChI=1S/C13H21N3O/c14-12-2-4-13(5-3-12)17-11-10-16-8-1-6-15-7-9-16/h2-5,15H,1,6-11,14H2. The second-order valence-corrected chi connectivity index (χ2v) is 4.36. The van der Waals surface area contributed by atoms with Crippen molar-refractivity contribution in [3.05, 3.63) is 24.3 Å². The molecular weight excluding hydrogens is 214 g/mol. The van der Waals surface area contributed by atoms with Gasteiger partial charge in [-0.05, 0) is 43.8 Å². The lowest BCUT2D eigenvalue weighted by atomic mass is 10.3. The van der Waals surface area contributed by atoms with Crippen molar-refractivity contribution in [1.82, 2.24) is 10.2 Å². The molecule has 0 aliphatic carbocycles. The molecule has 0 bridgehead atoms. The first-order chi connectivity index (χ1) is 8.34. The third-order valence-corrected chi connectivity index (χ3v) is 2.99. The second kappa shape index (κ2) is 6.47. The van der Waals surface area contributed by atoms with Gasteiger partial charge < -0.3 is 15.8 Å². The van der Waals surface area contributed by atoms with Crippen molar-refractivity contribution in [3.63, 3.8) is 0 Å². The van der Waals surface area contributed by atoms with Crippen LogP contribution in [0.25, 0.3) is 0 Å². The Morgan fingerprint density at radius 2 is 2.00 bits per heavy atom. The summed E-state index contributed by atoms with van der Waals surface area (Å²) in [7, 11) is 0. The van der Waals surface area contributed by atoms with E-state index in [1.165, 1.54) is 6.42 Å². The number of rotatable bonds is 4. The number of hydrogen-bond donors (Lipinski definition) is 2. The van der Waals surface area contributed by atoms with Gasteiger partial charge in [0.1, 0.15) is 12.4 Å². The van der Waals surface area contributed by atoms with E-state index in [1.807, 2.05) is 24.3 Å². The van der Waals surface area contributed by atoms with Gasteiger partial charge in [0.25, 0.3) is 0 Å². The van der Waals surface area contributed by atoms with E-state index in [0.29, 0.717) is 0 Å². The minimum absolute atomic E-state index is 0.740. The molecule has 0 atom stereocenters. The lowest BCUT2D eigenvalue weighted by molar-refractivity contribution is 0.217. The average molecular weight is 235 g/mol. The van der Waals surface area contributed by atoms with E-state index < -0.39 is 0 Å². The Labute approximate surface area is 103 Å². The van der Waals surface area contributed by atoms with Gasteiger partial charge in [0.2, 0.25) is 0 Å². The normalized spacial score (nSPS) is 17.6. The van der Waals surface area contributed by atoms with Crippen molar-refractivity contribution >= 4 is 5.69 Å². The molecule has 0 radical (unpaired) electrons. The minimum Gasteiger partial charge on any atom is -0.492 e. The fourth-order valence-electron chi connectivity index (χ4n) is 1.98. The van der Waals surface area contributed by atoms with Crippen molar-refractivity contribution in [2.75, 3.05) is 45.1 Å². The van der Waals surface area contributed by atoms with E-state index in [1.54, 1.807) is 0 Å². The van der Waals surface area contributed by atoms with Crippen LogP contribution in [0, 0.1) is 0 Å². The lowest BCUT2D eigenvalue weighted by Crippen LogP contribution is -2.31. The maximum atomic E-state index is 5.69. The fraction of sp³-hybridized carbons (Fsp3) is 0.538. The zero-order chi connectivity index (χ0) is 11.9. The number of nitrogens with two attached hydrogens (primary N) is 1. The summed E-state index contributed by atoms with van der Waals surface area (Å²) in [5, 5.41) is 3.40. The van der Waals surface area contributed by atoms with Gasteiger partial charge >= 0.3 is 0 Å². The van der Waals surface area contributed by atoms with Crippen molar-refractivity contribution in [2.45, 2.75) is 6.42 Å². The van der Waals surface area contributed by atoms with E-state index in [0.717, 1.165) is 50.8 Å². The Balaban J connectivity index is 1.69. The molecule has 3 N–H and O–H groups in total. The predicted molar refractivity (Wildman–Crippen MR) is 70.3 cm³/mol. The van der Waals surface area contributed by atoms with E-state index in [9.17, 15) is 0 Å². The molecule has 1 heterocycles. The summed E-state index contributed by atoms with van der Waals surface area (Å²) in [5.41, 5.74) is 6.39. The third kappa shape index (κ3) is 4.24. The highest BCUT2D eigenvalue weighted by Crippen LogP contribution is 2.12. The van der Waals surface area contributed by atoms with Crippen LogP contribution in [0.4, 0.5) is 5.69 Å². The molecule has 1 aromatic carbocycles. The highest BCUT2D eigenvalue weighted by atomic mass is 16.5. The van der Waals surface area contributed by atoms with Crippen LogP contribution in [0.3, 0.4) is 0 Å². The number of benzene rings is 1. The molecular formula is C13H21N3O. The Morgan fingerprint density at radius 1 is 1.18 bits per heavy atom. The number of nitrogen functional groups attached to an aromatic ring is 1. The summed E-state index contributed by atoms with van der Waals surface area (Å²) in [6.45, 7) is 6.23. The summed E-state index contributed by atoms with van der Waals surface area (Å²) in [5.74, 6) is 0.896. The molecule has 4 heteroatoms. The number of nitrogens with zero attached hydrogens (tertiary/aromatic N) is 1. The molecule has 1 aliphatic rings. The van der Waals surface area contributed by atoms with Crippen LogP contribution in [0.2, 0.25) is 0 Å². The highest BCUT2D eigenvalue weighted by molar-refractivity contribution is 5.41. The first kappa shape index (κ1) is 12.2. The van der Waals surface area contributed by atoms with Crippen LogP contribution in [-0.4, -0.2) is 44.2 Å². The summed E-state index contributed by atoms with van der Waals surface area (Å²) >= 11 is 0. The smallest absolute Gasteiger partial charge is 0.119 e. The van der Waals surface area contributed by atoms with Crippen LogP contribution < -0.4 is 15.8 Å². The molecule has 0 unspecified atom stereocenters. The van der Waals surface area contributed by atoms with Gasteiger partial charge in [-0.15, -0.1) is 0 Å². The molecule has 0 aromatic heterocycles. The average Bonchev–Trinajstić information content (AvgIpc) is 2.60. The Morgan fingerprint density at radius 3 is 2.82 bits per heavy atom. The van der Waals surface area contributed by atoms with E-state index in [4.69, 9.17) is 10.5 Å². The van der Waals surface area contributed by atoms with Gasteiger partial charge in [-0.1, -0.05) is 0 Å². The molecule has 94 valence electrons. The first-order valence-electron chi connectivity index (χ1n) is 6.26. The minimum atomic E-state index is 0.740. The highest BCUT2D eigenvalue weighted by Gasteiger charge is 2.07. The van der Waals surface area contributed by atoms with E-state index in [2.05, 4.69) is 10.2 Å². The Bertz CT molecular complexity index is 318. The van der Waals surface area contributed by atoms with Gasteiger partial charge in [-0.3, -0.25) is 4.90 Å². The summed E-state index contributed by atoms with van der Waals surface area (Å²) in [6.07, 6.45) is 1.22. The van der Waals surface area contributed by atoms with E-state index >= 15 is 0 Å². The second-order valence-electron chi connectivity index (χ2n) is 4.36. The molecule has 1 fully saturated rings. The number of anilines is 1. The maximum absolute atomic E-state index is 5.69. The predicted octanol–water partition coefficient (Wildman–Crippen LogP) is 0.943. The lowest BCUT2D eigenvalue weighted by Gasteiger charge is -2.19. The Hall–Kier alpha value is -1.26. The van der Waals surface area contributed by atoms with E-state index in [-0.39, 0.29) is 0 Å². The number of hydrogen-bond acceptors (Lipinski definition) is 4. The molecule has 0 spiro atoms. The van der Waals surface area contributed by atoms with Crippen LogP contribution >= 0.6 is 0 Å². The topological polar surface area (TPSA) is 50.5 Å². The van der Waals surface area contributed by atoms with Gasteiger partial charge in [-0.25, -0.2) is 0 Å². The molecule has 4 nitrogen and oxygen atoms in total. The molecule has 0 amide bonds. The molecule has 2 rings (SSSR count). The number of ether oxygens (including phenoxy) is 1. The summed E-state index contributed by atoms with van der Waals surface area (Å²) in [4.78, 5) is 2.44. The van der Waals surface area contributed by atoms with Crippen molar-refractivity contribution in [2.24, 2.45) is 0 Å². The number of nitrogens with one attached hydrogen (secondary N) is 1. The van der Waals surface area contributed by atoms with Crippen LogP contribution in [0.1, 0.15) is 6.42 Å². The quantitative estimate of drug-likeness (QED) is 0.763. The van der Waals surface area contributed by atoms with Crippen LogP contribution in [-0.2, 0) is 0 Å². The van der Waals surface area contributed by atoms with Crippen molar-refractivity contribution in [1.29, 1.82) is 0 Å². The SMILES string of the molecule is Nc1ccc(OCCN2CCCNCC2)cc1. The largest absolute Gasteiger partial charge is 0.492 e. The summed E-state index contributed by atoms with van der Waals surface area (Å²) in [6, 6.07) is 7.56. The third-order valence-electron chi connectivity index (χ3n) is 2.99. The molecule has 1 aromatic rings. The van der Waals surface area contributed by atoms with Crippen LogP contribution in [0.5, 0.6) is 5.75 Å². The zero-order valence-electron chi connectivity index (χ0n) is 10.2. The summed E-state index contributed by atoms with van der Waals surface area (Å²) < 4.78 is 5.69. The van der Waals surface area contributed by atoms with Gasteiger partial charge in [0.05, 0.1) is 0 Å². The van der Waals surface area contributed by atoms with Crippen LogP contribution in [0.15, 0.2) is 24.3 Å². The van der Waals surface area contributed by atoms with Gasteiger partial charge in [0, 0.05) is 25.3 Å². The van der Waals surface area contributed by atoms with Gasteiger partial charge in [-0.2, -0.15) is 0 Å². The first-order valence-corrected chi connectivity index (χ1v) is 6.26. The Kier molecular flexibility index (Phi) is 4.64. The fourth-order valence-corrected chi connectivity index (χ4v) is 1.98. The molecule has 1 saturated heterocycles. The molecule has 0 saturated carbocycles. The van der Waals surface area contributed by atoms with Crippen molar-refractivity contribution in [3.8, 4) is 5.75 Å². The molecule has 1 aliphatic heterocycles.